The van der Waals surface area contributed by atoms with E-state index in [4.69, 9.17) is 5.11 Å². The van der Waals surface area contributed by atoms with Gasteiger partial charge in [0, 0.05) is 5.39 Å². The first-order chi connectivity index (χ1) is 12.0. The predicted molar refractivity (Wildman–Crippen MR) is 106 cm³/mol. The van der Waals surface area contributed by atoms with Gasteiger partial charge in [0.05, 0.1) is 0 Å². The minimum atomic E-state index is -1.10. The summed E-state index contributed by atoms with van der Waals surface area (Å²) >= 11 is 0. The molecule has 0 saturated heterocycles. The first-order valence-corrected chi connectivity index (χ1v) is 9.01. The smallest absolute Gasteiger partial charge is 0.354 e. The Morgan fingerprint density at radius 3 is 2.38 bits per heavy atom. The highest BCUT2D eigenvalue weighted by molar-refractivity contribution is 5.92. The molecule has 0 bridgehead atoms. The first kappa shape index (κ1) is 20.0. The van der Waals surface area contributed by atoms with E-state index in [-0.39, 0.29) is 22.3 Å². The molecule has 140 valence electrons. The van der Waals surface area contributed by atoms with Crippen molar-refractivity contribution in [2.24, 2.45) is 10.8 Å². The summed E-state index contributed by atoms with van der Waals surface area (Å²) in [5.41, 5.74) is 1.47. The molecule has 0 fully saturated rings. The molecule has 2 aromatic rings. The molecule has 0 unspecified atom stereocenters. The van der Waals surface area contributed by atoms with Crippen molar-refractivity contribution >= 4 is 16.9 Å². The number of phenolic OH excluding ortho intramolecular Hbond substituents is 1. The molecule has 0 amide bonds. The van der Waals surface area contributed by atoms with Gasteiger partial charge in [-0.2, -0.15) is 0 Å². The van der Waals surface area contributed by atoms with E-state index in [0.29, 0.717) is 11.9 Å². The largest absolute Gasteiger partial charge is 0.505 e. The molecule has 0 radical (unpaired) electrons. The zero-order valence-corrected chi connectivity index (χ0v) is 16.3. The molecular formula is C22H29NO3. The van der Waals surface area contributed by atoms with Crippen LogP contribution in [0, 0.1) is 10.8 Å². The van der Waals surface area contributed by atoms with Gasteiger partial charge >= 0.3 is 5.97 Å². The second-order valence-electron chi connectivity index (χ2n) is 8.81. The van der Waals surface area contributed by atoms with Gasteiger partial charge in [-0.1, -0.05) is 65.0 Å². The van der Waals surface area contributed by atoms with Crippen molar-refractivity contribution in [3.63, 3.8) is 0 Å². The number of allylic oxidation sites excluding steroid dienone is 2. The number of hydrogen-bond acceptors (Lipinski definition) is 3. The van der Waals surface area contributed by atoms with Gasteiger partial charge in [0.25, 0.3) is 0 Å². The van der Waals surface area contributed by atoms with Crippen LogP contribution in [0.3, 0.4) is 0 Å². The lowest BCUT2D eigenvalue weighted by Crippen LogP contribution is -2.18. The highest BCUT2D eigenvalue weighted by Crippen LogP contribution is 2.34. The third-order valence-corrected chi connectivity index (χ3v) is 4.27. The molecule has 1 aromatic carbocycles. The number of aryl methyl sites for hydroxylation is 1. The molecule has 26 heavy (non-hydrogen) atoms. The van der Waals surface area contributed by atoms with Crippen LogP contribution < -0.4 is 0 Å². The first-order valence-electron chi connectivity index (χ1n) is 9.01. The Morgan fingerprint density at radius 1 is 1.12 bits per heavy atom. The third-order valence-electron chi connectivity index (χ3n) is 4.27. The lowest BCUT2D eigenvalue weighted by molar-refractivity contribution is 0.0691. The lowest BCUT2D eigenvalue weighted by Gasteiger charge is -2.29. The second-order valence-corrected chi connectivity index (χ2v) is 8.81. The summed E-state index contributed by atoms with van der Waals surface area (Å²) in [6, 6.07) is 6.87. The Morgan fingerprint density at radius 2 is 1.77 bits per heavy atom. The molecule has 2 N–H and O–H groups in total. The molecule has 4 nitrogen and oxygen atoms in total. The zero-order valence-electron chi connectivity index (χ0n) is 16.3. The molecule has 4 heteroatoms. The normalized spacial score (nSPS) is 12.8. The van der Waals surface area contributed by atoms with Crippen molar-refractivity contribution in [2.75, 3.05) is 0 Å². The number of carboxylic acid groups (broad SMARTS) is 1. The molecule has 0 aliphatic rings. The number of fused-ring (bicyclic) bond motifs is 1. The summed E-state index contributed by atoms with van der Waals surface area (Å²) in [4.78, 5) is 15.2. The van der Waals surface area contributed by atoms with Gasteiger partial charge in [-0.15, -0.1) is 0 Å². The van der Waals surface area contributed by atoms with Gasteiger partial charge in [-0.05, 0) is 41.7 Å². The second kappa shape index (κ2) is 7.48. The highest BCUT2D eigenvalue weighted by Gasteiger charge is 2.22. The SMILES string of the molecule is CC(C)(C)CC(C)(C)C=CCCc1ccc2ccc(C(=O)O)nc2c1O. The Kier molecular flexibility index (Phi) is 5.74. The van der Waals surface area contributed by atoms with E-state index in [1.165, 1.54) is 6.07 Å². The number of aromatic carboxylic acids is 1. The maximum Gasteiger partial charge on any atom is 0.354 e. The van der Waals surface area contributed by atoms with Crippen molar-refractivity contribution in [1.29, 1.82) is 0 Å². The fraction of sp³-hybridized carbons (Fsp3) is 0.455. The number of aromatic nitrogens is 1. The number of phenols is 1. The third kappa shape index (κ3) is 5.32. The molecule has 1 aromatic heterocycles. The zero-order chi connectivity index (χ0) is 19.5. The summed E-state index contributed by atoms with van der Waals surface area (Å²) in [6.45, 7) is 11.2. The number of carboxylic acids is 1. The monoisotopic (exact) mass is 355 g/mol. The summed E-state index contributed by atoms with van der Waals surface area (Å²) in [5, 5.41) is 20.3. The number of carbonyl (C=O) groups is 1. The van der Waals surface area contributed by atoms with Gasteiger partial charge in [0.15, 0.2) is 0 Å². The van der Waals surface area contributed by atoms with Crippen LogP contribution in [0.1, 0.15) is 63.5 Å². The number of aromatic hydroxyl groups is 1. The fourth-order valence-electron chi connectivity index (χ4n) is 3.60. The molecule has 0 aliphatic heterocycles. The van der Waals surface area contributed by atoms with E-state index >= 15 is 0 Å². The van der Waals surface area contributed by atoms with Crippen LogP contribution in [-0.2, 0) is 6.42 Å². The average Bonchev–Trinajstić information content (AvgIpc) is 2.50. The van der Waals surface area contributed by atoms with Crippen LogP contribution in [-0.4, -0.2) is 21.2 Å². The van der Waals surface area contributed by atoms with E-state index in [1.54, 1.807) is 6.07 Å². The van der Waals surface area contributed by atoms with Crippen molar-refractivity contribution < 1.29 is 15.0 Å². The van der Waals surface area contributed by atoms with Crippen molar-refractivity contribution in [2.45, 2.75) is 53.9 Å². The summed E-state index contributed by atoms with van der Waals surface area (Å²) in [7, 11) is 0. The van der Waals surface area contributed by atoms with Crippen molar-refractivity contribution in [1.82, 2.24) is 4.98 Å². The van der Waals surface area contributed by atoms with Crippen LogP contribution in [0.2, 0.25) is 0 Å². The van der Waals surface area contributed by atoms with Gasteiger partial charge in [0.1, 0.15) is 17.0 Å². The van der Waals surface area contributed by atoms with Crippen molar-refractivity contribution in [3.05, 3.63) is 47.7 Å². The van der Waals surface area contributed by atoms with Crippen LogP contribution in [0.25, 0.3) is 10.9 Å². The predicted octanol–water partition coefficient (Wildman–Crippen LogP) is 5.59. The Bertz CT molecular complexity index is 829. The van der Waals surface area contributed by atoms with E-state index in [1.807, 2.05) is 12.1 Å². The van der Waals surface area contributed by atoms with Gasteiger partial charge < -0.3 is 10.2 Å². The molecule has 0 saturated carbocycles. The summed E-state index contributed by atoms with van der Waals surface area (Å²) in [5.74, 6) is -1.02. The quantitative estimate of drug-likeness (QED) is 0.663. The summed E-state index contributed by atoms with van der Waals surface area (Å²) in [6.07, 6.45) is 7.00. The Labute approximate surface area is 155 Å². The van der Waals surface area contributed by atoms with E-state index in [9.17, 15) is 9.90 Å². The number of hydrogen-bond donors (Lipinski definition) is 2. The van der Waals surface area contributed by atoms with Crippen LogP contribution in [0.15, 0.2) is 36.4 Å². The highest BCUT2D eigenvalue weighted by atomic mass is 16.4. The van der Waals surface area contributed by atoms with Crippen LogP contribution in [0.5, 0.6) is 5.75 Å². The molecular weight excluding hydrogens is 326 g/mol. The number of pyridine rings is 1. The standard InChI is InChI=1S/C22H29NO3/c1-21(2,3)14-22(4,5)13-7-6-8-16-10-9-15-11-12-17(20(25)26)23-18(15)19(16)24/h7,9-13,24H,6,8,14H2,1-5H3,(H,25,26). The maximum atomic E-state index is 11.1. The number of rotatable bonds is 6. The van der Waals surface area contributed by atoms with E-state index in [0.717, 1.165) is 23.8 Å². The van der Waals surface area contributed by atoms with E-state index in [2.05, 4.69) is 51.8 Å². The minimum Gasteiger partial charge on any atom is -0.505 e. The lowest BCUT2D eigenvalue weighted by atomic mass is 9.76. The maximum absolute atomic E-state index is 11.1. The van der Waals surface area contributed by atoms with Crippen LogP contribution >= 0.6 is 0 Å². The van der Waals surface area contributed by atoms with Gasteiger partial charge in [-0.25, -0.2) is 9.78 Å². The van der Waals surface area contributed by atoms with Gasteiger partial charge in [0.2, 0.25) is 0 Å². The van der Waals surface area contributed by atoms with Gasteiger partial charge in [-0.3, -0.25) is 0 Å². The number of benzene rings is 1. The fourth-order valence-corrected chi connectivity index (χ4v) is 3.60. The van der Waals surface area contributed by atoms with Crippen LogP contribution in [0.4, 0.5) is 0 Å². The molecule has 1 heterocycles. The minimum absolute atomic E-state index is 0.0613. The number of nitrogens with zero attached hydrogens (tertiary/aromatic N) is 1. The topological polar surface area (TPSA) is 70.4 Å². The van der Waals surface area contributed by atoms with Crippen molar-refractivity contribution in [3.8, 4) is 5.75 Å². The Hall–Kier alpha value is -2.36. The Balaban J connectivity index is 2.12. The average molecular weight is 355 g/mol. The molecule has 2 rings (SSSR count). The van der Waals surface area contributed by atoms with E-state index < -0.39 is 5.97 Å². The summed E-state index contributed by atoms with van der Waals surface area (Å²) < 4.78 is 0. The molecule has 0 aliphatic carbocycles. The molecule has 0 spiro atoms. The molecule has 0 atom stereocenters.